The highest BCUT2D eigenvalue weighted by Gasteiger charge is 2.42. The number of benzene rings is 2. The van der Waals surface area contributed by atoms with Gasteiger partial charge in [0.25, 0.3) is 10.0 Å². The van der Waals surface area contributed by atoms with Crippen molar-refractivity contribution < 1.29 is 13.2 Å². The van der Waals surface area contributed by atoms with Gasteiger partial charge in [0, 0.05) is 17.8 Å². The molecule has 25 heavy (non-hydrogen) atoms. The lowest BCUT2D eigenvalue weighted by atomic mass is 9.86. The van der Waals surface area contributed by atoms with Crippen molar-refractivity contribution in [3.8, 4) is 0 Å². The number of nitrogens with one attached hydrogen (secondary N) is 1. The number of halogens is 1. The van der Waals surface area contributed by atoms with E-state index in [1.54, 1.807) is 63.1 Å². The van der Waals surface area contributed by atoms with Gasteiger partial charge in [0.15, 0.2) is 0 Å². The molecule has 5 nitrogen and oxygen atoms in total. The van der Waals surface area contributed by atoms with Gasteiger partial charge in [-0.05, 0) is 62.2 Å². The van der Waals surface area contributed by atoms with Gasteiger partial charge < -0.3 is 4.90 Å². The summed E-state index contributed by atoms with van der Waals surface area (Å²) in [5.74, 6) is -0.0595. The van der Waals surface area contributed by atoms with Crippen molar-refractivity contribution in [2.24, 2.45) is 0 Å². The van der Waals surface area contributed by atoms with Gasteiger partial charge in [0.05, 0.1) is 16.0 Å². The van der Waals surface area contributed by atoms with Gasteiger partial charge in [-0.1, -0.05) is 17.7 Å². The van der Waals surface area contributed by atoms with E-state index >= 15 is 0 Å². The van der Waals surface area contributed by atoms with Crippen LogP contribution in [0.25, 0.3) is 0 Å². The van der Waals surface area contributed by atoms with Crippen molar-refractivity contribution in [1.29, 1.82) is 0 Å². The van der Waals surface area contributed by atoms with E-state index in [4.69, 9.17) is 11.6 Å². The molecular formula is C18H19ClN2O3S. The summed E-state index contributed by atoms with van der Waals surface area (Å²) in [6.07, 6.45) is 0. The number of anilines is 2. The molecule has 0 unspecified atom stereocenters. The third-order valence-electron chi connectivity index (χ3n) is 4.60. The number of carbonyl (C=O) groups excluding carboxylic acids is 1. The molecule has 7 heteroatoms. The van der Waals surface area contributed by atoms with Crippen LogP contribution < -0.4 is 9.62 Å². The third kappa shape index (κ3) is 2.89. The van der Waals surface area contributed by atoms with Crippen LogP contribution in [0.4, 0.5) is 11.4 Å². The summed E-state index contributed by atoms with van der Waals surface area (Å²) in [5.41, 5.74) is 1.87. The van der Waals surface area contributed by atoms with Crippen molar-refractivity contribution in [2.75, 3.05) is 16.7 Å². The Morgan fingerprint density at radius 1 is 1.12 bits per heavy atom. The molecule has 0 radical (unpaired) electrons. The monoisotopic (exact) mass is 378 g/mol. The molecule has 0 aromatic heterocycles. The van der Waals surface area contributed by atoms with Crippen molar-refractivity contribution in [3.63, 3.8) is 0 Å². The zero-order valence-corrected chi connectivity index (χ0v) is 16.0. The summed E-state index contributed by atoms with van der Waals surface area (Å²) >= 11 is 5.96. The Hall–Kier alpha value is -2.05. The van der Waals surface area contributed by atoms with E-state index in [-0.39, 0.29) is 10.8 Å². The first-order chi connectivity index (χ1) is 11.5. The van der Waals surface area contributed by atoms with Crippen LogP contribution in [0.15, 0.2) is 41.3 Å². The molecule has 2 aromatic rings. The van der Waals surface area contributed by atoms with Gasteiger partial charge in [-0.2, -0.15) is 0 Å². The number of amides is 1. The van der Waals surface area contributed by atoms with Crippen LogP contribution in [0.5, 0.6) is 0 Å². The predicted molar refractivity (Wildman–Crippen MR) is 99.9 cm³/mol. The minimum absolute atomic E-state index is 0.0595. The highest BCUT2D eigenvalue weighted by Crippen LogP contribution is 2.41. The second kappa shape index (κ2) is 5.75. The summed E-state index contributed by atoms with van der Waals surface area (Å²) in [6, 6.07) is 9.77. The molecule has 1 aliphatic rings. The SMILES string of the molecule is Cc1ccc(Cl)cc1NS(=O)(=O)c1ccc2c(c1)C(C)(C)C(=O)N2C. The second-order valence-electron chi connectivity index (χ2n) is 6.73. The number of likely N-dealkylation sites (N-methyl/N-ethyl adjacent to an activating group) is 1. The molecule has 0 atom stereocenters. The Balaban J connectivity index is 2.04. The van der Waals surface area contributed by atoms with Crippen LogP contribution in [0.1, 0.15) is 25.0 Å². The molecule has 0 saturated carbocycles. The Kier molecular flexibility index (Phi) is 4.08. The number of carbonyl (C=O) groups is 1. The Bertz CT molecular complexity index is 984. The lowest BCUT2D eigenvalue weighted by Crippen LogP contribution is -2.33. The van der Waals surface area contributed by atoms with Gasteiger partial charge >= 0.3 is 0 Å². The first-order valence-corrected chi connectivity index (χ1v) is 9.62. The molecule has 0 fully saturated rings. The average Bonchev–Trinajstić information content (AvgIpc) is 2.71. The number of sulfonamides is 1. The average molecular weight is 379 g/mol. The third-order valence-corrected chi connectivity index (χ3v) is 6.19. The van der Waals surface area contributed by atoms with Crippen LogP contribution in [-0.4, -0.2) is 21.4 Å². The van der Waals surface area contributed by atoms with Crippen molar-refractivity contribution >= 4 is 38.9 Å². The fourth-order valence-corrected chi connectivity index (χ4v) is 4.35. The van der Waals surface area contributed by atoms with Crippen LogP contribution >= 0.6 is 11.6 Å². The largest absolute Gasteiger partial charge is 0.314 e. The minimum atomic E-state index is -3.80. The molecule has 0 spiro atoms. The number of hydrogen-bond acceptors (Lipinski definition) is 3. The van der Waals surface area contributed by atoms with Gasteiger partial charge in [0.1, 0.15) is 0 Å². The maximum Gasteiger partial charge on any atom is 0.261 e. The van der Waals surface area contributed by atoms with Gasteiger partial charge in [0.2, 0.25) is 5.91 Å². The predicted octanol–water partition coefficient (Wildman–Crippen LogP) is 3.70. The number of hydrogen-bond donors (Lipinski definition) is 1. The van der Waals surface area contributed by atoms with Crippen LogP contribution in [0.2, 0.25) is 5.02 Å². The molecule has 1 heterocycles. The second-order valence-corrected chi connectivity index (χ2v) is 8.85. The number of rotatable bonds is 3. The van der Waals surface area contributed by atoms with E-state index in [1.807, 2.05) is 0 Å². The molecule has 0 aliphatic carbocycles. The molecule has 0 saturated heterocycles. The number of aryl methyl sites for hydroxylation is 1. The first-order valence-electron chi connectivity index (χ1n) is 7.76. The fraction of sp³-hybridized carbons (Fsp3) is 0.278. The molecule has 1 aliphatic heterocycles. The molecule has 1 N–H and O–H groups in total. The van der Waals surface area contributed by atoms with E-state index in [0.29, 0.717) is 16.3 Å². The van der Waals surface area contributed by atoms with Crippen molar-refractivity contribution in [1.82, 2.24) is 0 Å². The number of nitrogens with zero attached hydrogens (tertiary/aromatic N) is 1. The molecule has 0 bridgehead atoms. The standard InChI is InChI=1S/C18H19ClN2O3S/c1-11-5-6-12(19)9-15(11)20-25(23,24)13-7-8-16-14(10-13)18(2,3)17(22)21(16)4/h5-10,20H,1-4H3. The summed E-state index contributed by atoms with van der Waals surface area (Å²) in [5, 5.41) is 0.450. The molecular weight excluding hydrogens is 360 g/mol. The molecule has 132 valence electrons. The van der Waals surface area contributed by atoms with E-state index in [0.717, 1.165) is 11.3 Å². The minimum Gasteiger partial charge on any atom is -0.314 e. The maximum atomic E-state index is 12.8. The van der Waals surface area contributed by atoms with Crippen LogP contribution in [0.3, 0.4) is 0 Å². The first kappa shape index (κ1) is 17.8. The Morgan fingerprint density at radius 2 is 1.80 bits per heavy atom. The maximum absolute atomic E-state index is 12.8. The lowest BCUT2D eigenvalue weighted by Gasteiger charge is -2.17. The summed E-state index contributed by atoms with van der Waals surface area (Å²) in [6.45, 7) is 5.39. The van der Waals surface area contributed by atoms with Gasteiger partial charge in [-0.25, -0.2) is 8.42 Å². The Labute approximate surface area is 152 Å². The molecule has 2 aromatic carbocycles. The van der Waals surface area contributed by atoms with E-state index in [2.05, 4.69) is 4.72 Å². The van der Waals surface area contributed by atoms with E-state index < -0.39 is 15.4 Å². The number of fused-ring (bicyclic) bond motifs is 1. The Morgan fingerprint density at radius 3 is 2.48 bits per heavy atom. The quantitative estimate of drug-likeness (QED) is 0.885. The zero-order chi connectivity index (χ0) is 18.6. The highest BCUT2D eigenvalue weighted by molar-refractivity contribution is 7.92. The van der Waals surface area contributed by atoms with Crippen LogP contribution in [-0.2, 0) is 20.2 Å². The van der Waals surface area contributed by atoms with Gasteiger partial charge in [-0.3, -0.25) is 9.52 Å². The van der Waals surface area contributed by atoms with Crippen molar-refractivity contribution in [3.05, 3.63) is 52.5 Å². The highest BCUT2D eigenvalue weighted by atomic mass is 35.5. The molecule has 3 rings (SSSR count). The van der Waals surface area contributed by atoms with Crippen molar-refractivity contribution in [2.45, 2.75) is 31.1 Å². The smallest absolute Gasteiger partial charge is 0.261 e. The topological polar surface area (TPSA) is 66.5 Å². The van der Waals surface area contributed by atoms with Crippen LogP contribution in [0, 0.1) is 6.92 Å². The fourth-order valence-electron chi connectivity index (χ4n) is 3.03. The summed E-state index contributed by atoms with van der Waals surface area (Å²) < 4.78 is 28.1. The van der Waals surface area contributed by atoms with E-state index in [1.165, 1.54) is 6.07 Å². The van der Waals surface area contributed by atoms with E-state index in [9.17, 15) is 13.2 Å². The zero-order valence-electron chi connectivity index (χ0n) is 14.4. The normalized spacial score (nSPS) is 16.0. The lowest BCUT2D eigenvalue weighted by molar-refractivity contribution is -0.121. The summed E-state index contributed by atoms with van der Waals surface area (Å²) in [7, 11) is -2.11. The van der Waals surface area contributed by atoms with Gasteiger partial charge in [-0.15, -0.1) is 0 Å². The summed E-state index contributed by atoms with van der Waals surface area (Å²) in [4.78, 5) is 14.0. The molecule has 1 amide bonds.